The highest BCUT2D eigenvalue weighted by atomic mass is 16.3. The lowest BCUT2D eigenvalue weighted by Gasteiger charge is -2.20. The zero-order chi connectivity index (χ0) is 9.57. The Morgan fingerprint density at radius 3 is 2.58 bits per heavy atom. The lowest BCUT2D eigenvalue weighted by Crippen LogP contribution is -2.27. The molecule has 66 valence electrons. The van der Waals surface area contributed by atoms with Crippen LogP contribution in [-0.2, 0) is 0 Å². The minimum Gasteiger partial charge on any atom is -0.378 e. The minimum atomic E-state index is -0.965. The smallest absolute Gasteiger partial charge is 0.126 e. The maximum absolute atomic E-state index is 9.77. The molecule has 0 bridgehead atoms. The molecule has 1 nitrogen and oxygen atoms in total. The van der Waals surface area contributed by atoms with Gasteiger partial charge < -0.3 is 5.11 Å². The summed E-state index contributed by atoms with van der Waals surface area (Å²) in [6, 6.07) is 0. The van der Waals surface area contributed by atoms with E-state index in [4.69, 9.17) is 6.42 Å². The van der Waals surface area contributed by atoms with Gasteiger partial charge >= 0.3 is 0 Å². The second-order valence-electron chi connectivity index (χ2n) is 4.25. The van der Waals surface area contributed by atoms with Crippen molar-refractivity contribution >= 4 is 0 Å². The normalized spacial score (nSPS) is 38.1. The summed E-state index contributed by atoms with van der Waals surface area (Å²) in [6.07, 6.45) is 6.20. The van der Waals surface area contributed by atoms with E-state index in [9.17, 15) is 5.11 Å². The summed E-state index contributed by atoms with van der Waals surface area (Å²) < 4.78 is 0. The molecule has 1 aliphatic carbocycles. The fourth-order valence-electron chi connectivity index (χ4n) is 1.76. The number of terminal acetylenes is 1. The molecule has 1 N–H and O–H groups in total. The topological polar surface area (TPSA) is 20.2 Å². The van der Waals surface area contributed by atoms with Crippen LogP contribution in [0.1, 0.15) is 27.2 Å². The second kappa shape index (κ2) is 2.37. The van der Waals surface area contributed by atoms with E-state index in [1.54, 1.807) is 6.92 Å². The summed E-state index contributed by atoms with van der Waals surface area (Å²) in [5.41, 5.74) is 0.215. The molecule has 3 atom stereocenters. The molecule has 1 unspecified atom stereocenters. The molecule has 0 heterocycles. The quantitative estimate of drug-likeness (QED) is 0.488. The minimum absolute atomic E-state index is 0.0653. The summed E-state index contributed by atoms with van der Waals surface area (Å²) in [5.74, 6) is 2.62. The van der Waals surface area contributed by atoms with Crippen LogP contribution < -0.4 is 0 Å². The van der Waals surface area contributed by atoms with E-state index in [-0.39, 0.29) is 11.3 Å². The van der Waals surface area contributed by atoms with Gasteiger partial charge in [-0.1, -0.05) is 25.0 Å². The molecule has 1 rings (SSSR count). The lowest BCUT2D eigenvalue weighted by molar-refractivity contribution is 0.0863. The van der Waals surface area contributed by atoms with Gasteiger partial charge in [0.05, 0.1) is 0 Å². The zero-order valence-corrected chi connectivity index (χ0v) is 8.02. The molecule has 0 amide bonds. The third-order valence-corrected chi connectivity index (χ3v) is 3.18. The number of hydrogen-bond acceptors (Lipinski definition) is 1. The first-order valence-corrected chi connectivity index (χ1v) is 4.20. The van der Waals surface area contributed by atoms with Gasteiger partial charge in [-0.3, -0.25) is 0 Å². The molecule has 12 heavy (non-hydrogen) atoms. The van der Waals surface area contributed by atoms with E-state index >= 15 is 0 Å². The lowest BCUT2D eigenvalue weighted by atomic mass is 9.90. The third kappa shape index (κ3) is 1.17. The summed E-state index contributed by atoms with van der Waals surface area (Å²) in [5, 5.41) is 9.77. The molecule has 0 spiro atoms. The monoisotopic (exact) mass is 164 g/mol. The molecule has 1 aliphatic rings. The standard InChI is InChI=1S/C11H16O/c1-6-11(5,12)9-7-10(9,4)8(2)3/h1,9,12H,2,7H2,3-5H3/t9-,10+,11?/m0/s1. The third-order valence-electron chi connectivity index (χ3n) is 3.18. The van der Waals surface area contributed by atoms with Gasteiger partial charge in [-0.25, -0.2) is 0 Å². The zero-order valence-electron chi connectivity index (χ0n) is 8.02. The molecule has 1 heteroatoms. The van der Waals surface area contributed by atoms with Crippen LogP contribution in [-0.4, -0.2) is 10.7 Å². The van der Waals surface area contributed by atoms with Gasteiger partial charge in [0.25, 0.3) is 0 Å². The average Bonchev–Trinajstić information content (AvgIpc) is 2.65. The molecule has 0 aromatic rings. The van der Waals surface area contributed by atoms with Crippen LogP contribution in [0.25, 0.3) is 0 Å². The Morgan fingerprint density at radius 1 is 1.83 bits per heavy atom. The second-order valence-corrected chi connectivity index (χ2v) is 4.25. The molecular weight excluding hydrogens is 148 g/mol. The fraction of sp³-hybridized carbons (Fsp3) is 0.636. The van der Waals surface area contributed by atoms with Crippen LogP contribution in [0.15, 0.2) is 12.2 Å². The van der Waals surface area contributed by atoms with Crippen molar-refractivity contribution in [2.45, 2.75) is 32.8 Å². The van der Waals surface area contributed by atoms with Gasteiger partial charge in [0.15, 0.2) is 0 Å². The summed E-state index contributed by atoms with van der Waals surface area (Å²) in [7, 11) is 0. The Hall–Kier alpha value is -0.740. The van der Waals surface area contributed by atoms with Crippen LogP contribution in [0.3, 0.4) is 0 Å². The van der Waals surface area contributed by atoms with Crippen molar-refractivity contribution in [3.63, 3.8) is 0 Å². The molecule has 0 aromatic heterocycles. The fourth-order valence-corrected chi connectivity index (χ4v) is 1.76. The Labute approximate surface area is 74.5 Å². The predicted molar refractivity (Wildman–Crippen MR) is 50.5 cm³/mol. The summed E-state index contributed by atoms with van der Waals surface area (Å²) in [6.45, 7) is 9.70. The van der Waals surface area contributed by atoms with Gasteiger partial charge in [-0.2, -0.15) is 0 Å². The van der Waals surface area contributed by atoms with E-state index in [2.05, 4.69) is 19.4 Å². The van der Waals surface area contributed by atoms with Crippen molar-refractivity contribution < 1.29 is 5.11 Å². The first-order valence-electron chi connectivity index (χ1n) is 4.20. The van der Waals surface area contributed by atoms with E-state index in [0.717, 1.165) is 12.0 Å². The molecule has 0 aliphatic heterocycles. The van der Waals surface area contributed by atoms with Crippen LogP contribution in [0.2, 0.25) is 0 Å². The first kappa shape index (κ1) is 9.35. The van der Waals surface area contributed by atoms with Gasteiger partial charge in [-0.05, 0) is 25.7 Å². The van der Waals surface area contributed by atoms with Gasteiger partial charge in [-0.15, -0.1) is 6.42 Å². The van der Waals surface area contributed by atoms with Crippen LogP contribution >= 0.6 is 0 Å². The van der Waals surface area contributed by atoms with Gasteiger partial charge in [0.1, 0.15) is 5.60 Å². The SMILES string of the molecule is C#CC(C)(O)[C@H]1C[C@]1(C)C(=C)C. The van der Waals surface area contributed by atoms with Crippen molar-refractivity contribution in [1.29, 1.82) is 0 Å². The van der Waals surface area contributed by atoms with Crippen LogP contribution in [0.5, 0.6) is 0 Å². The highest BCUT2D eigenvalue weighted by Crippen LogP contribution is 2.61. The van der Waals surface area contributed by atoms with E-state index in [0.29, 0.717) is 0 Å². The molecular formula is C11H16O. The molecule has 0 saturated heterocycles. The number of aliphatic hydroxyl groups is 1. The average molecular weight is 164 g/mol. The molecule has 1 saturated carbocycles. The maximum atomic E-state index is 9.77. The predicted octanol–water partition coefficient (Wildman–Crippen LogP) is 1.97. The molecule has 0 aromatic carbocycles. The Kier molecular flexibility index (Phi) is 1.85. The van der Waals surface area contributed by atoms with Gasteiger partial charge in [0.2, 0.25) is 0 Å². The van der Waals surface area contributed by atoms with E-state index in [1.807, 2.05) is 6.92 Å². The molecule has 1 fully saturated rings. The highest BCUT2D eigenvalue weighted by molar-refractivity contribution is 5.27. The summed E-state index contributed by atoms with van der Waals surface area (Å²) in [4.78, 5) is 0. The number of hydrogen-bond donors (Lipinski definition) is 1. The van der Waals surface area contributed by atoms with Gasteiger partial charge in [0, 0.05) is 5.92 Å². The highest BCUT2D eigenvalue weighted by Gasteiger charge is 2.58. The van der Waals surface area contributed by atoms with E-state index in [1.165, 1.54) is 0 Å². The number of allylic oxidation sites excluding steroid dienone is 1. The van der Waals surface area contributed by atoms with Crippen molar-refractivity contribution in [1.82, 2.24) is 0 Å². The largest absolute Gasteiger partial charge is 0.378 e. The number of rotatable bonds is 2. The van der Waals surface area contributed by atoms with Crippen molar-refractivity contribution in [3.8, 4) is 12.3 Å². The Balaban J connectivity index is 2.77. The Morgan fingerprint density at radius 2 is 2.33 bits per heavy atom. The van der Waals surface area contributed by atoms with Crippen LogP contribution in [0, 0.1) is 23.7 Å². The first-order chi connectivity index (χ1) is 5.34. The van der Waals surface area contributed by atoms with Crippen LogP contribution in [0.4, 0.5) is 0 Å². The summed E-state index contributed by atoms with van der Waals surface area (Å²) >= 11 is 0. The Bertz CT molecular complexity index is 257. The van der Waals surface area contributed by atoms with Crippen molar-refractivity contribution in [2.24, 2.45) is 11.3 Å². The van der Waals surface area contributed by atoms with E-state index < -0.39 is 5.60 Å². The van der Waals surface area contributed by atoms with Crippen molar-refractivity contribution in [3.05, 3.63) is 12.2 Å². The molecule has 0 radical (unpaired) electrons. The van der Waals surface area contributed by atoms with Crippen molar-refractivity contribution in [2.75, 3.05) is 0 Å². The maximum Gasteiger partial charge on any atom is 0.126 e.